The van der Waals surface area contributed by atoms with Gasteiger partial charge in [-0.05, 0) is 53.6 Å². The van der Waals surface area contributed by atoms with Crippen LogP contribution in [0.15, 0.2) is 85.1 Å². The van der Waals surface area contributed by atoms with Crippen LogP contribution in [-0.2, 0) is 0 Å². The van der Waals surface area contributed by atoms with Crippen LogP contribution in [0.1, 0.15) is 0 Å². The minimum Gasteiger partial charge on any atom is -0.508 e. The van der Waals surface area contributed by atoms with Crippen LogP contribution >= 0.6 is 0 Å². The van der Waals surface area contributed by atoms with Gasteiger partial charge in [0, 0.05) is 23.0 Å². The first-order valence-corrected chi connectivity index (χ1v) is 7.80. The Morgan fingerprint density at radius 1 is 0.750 bits per heavy atom. The zero-order valence-corrected chi connectivity index (χ0v) is 13.0. The Balaban J connectivity index is 1.80. The number of benzene rings is 3. The predicted octanol–water partition coefficient (Wildman–Crippen LogP) is 5.35. The highest BCUT2D eigenvalue weighted by molar-refractivity contribution is 5.95. The Kier molecular flexibility index (Phi) is 3.60. The molecule has 2 N–H and O–H groups in total. The fourth-order valence-electron chi connectivity index (χ4n) is 2.77. The van der Waals surface area contributed by atoms with E-state index < -0.39 is 0 Å². The molecule has 0 atom stereocenters. The van der Waals surface area contributed by atoms with E-state index in [4.69, 9.17) is 0 Å². The van der Waals surface area contributed by atoms with Crippen LogP contribution in [0.4, 0.5) is 11.4 Å². The first-order valence-electron chi connectivity index (χ1n) is 7.80. The number of anilines is 2. The van der Waals surface area contributed by atoms with Gasteiger partial charge in [-0.15, -0.1) is 0 Å². The van der Waals surface area contributed by atoms with E-state index in [9.17, 15) is 5.11 Å². The second-order valence-electron chi connectivity index (χ2n) is 5.63. The average Bonchev–Trinajstić information content (AvgIpc) is 2.63. The first-order chi connectivity index (χ1) is 11.8. The molecule has 0 aliphatic heterocycles. The SMILES string of the molecule is Oc1ccc(-c2ccc3nccc(Nc4ccccc4)c3c2)cc1. The van der Waals surface area contributed by atoms with Gasteiger partial charge in [0.05, 0.1) is 5.52 Å². The summed E-state index contributed by atoms with van der Waals surface area (Å²) < 4.78 is 0. The molecule has 24 heavy (non-hydrogen) atoms. The highest BCUT2D eigenvalue weighted by atomic mass is 16.3. The molecule has 0 amide bonds. The molecule has 0 unspecified atom stereocenters. The highest BCUT2D eigenvalue weighted by Gasteiger charge is 2.05. The Morgan fingerprint density at radius 3 is 2.29 bits per heavy atom. The van der Waals surface area contributed by atoms with Crippen LogP contribution < -0.4 is 5.32 Å². The van der Waals surface area contributed by atoms with Gasteiger partial charge >= 0.3 is 0 Å². The summed E-state index contributed by atoms with van der Waals surface area (Å²) in [4.78, 5) is 4.45. The minimum atomic E-state index is 0.271. The third-order valence-electron chi connectivity index (χ3n) is 3.99. The van der Waals surface area contributed by atoms with E-state index in [1.165, 1.54) is 0 Å². The molecule has 3 nitrogen and oxygen atoms in total. The Labute approximate surface area is 140 Å². The maximum absolute atomic E-state index is 9.46. The van der Waals surface area contributed by atoms with Gasteiger partial charge in [-0.25, -0.2) is 0 Å². The number of phenols is 1. The van der Waals surface area contributed by atoms with Crippen LogP contribution in [-0.4, -0.2) is 10.1 Å². The van der Waals surface area contributed by atoms with Crippen molar-refractivity contribution in [1.82, 2.24) is 4.98 Å². The molecule has 0 aliphatic carbocycles. The molecule has 1 heterocycles. The summed E-state index contributed by atoms with van der Waals surface area (Å²) in [6.07, 6.45) is 1.81. The van der Waals surface area contributed by atoms with Gasteiger partial charge in [-0.1, -0.05) is 36.4 Å². The Morgan fingerprint density at radius 2 is 1.50 bits per heavy atom. The number of nitrogens with one attached hydrogen (secondary N) is 1. The predicted molar refractivity (Wildman–Crippen MR) is 98.6 cm³/mol. The van der Waals surface area contributed by atoms with Crippen molar-refractivity contribution in [1.29, 1.82) is 0 Å². The molecule has 116 valence electrons. The van der Waals surface area contributed by atoms with Crippen molar-refractivity contribution in [2.45, 2.75) is 0 Å². The Hall–Kier alpha value is -3.33. The molecule has 0 fully saturated rings. The summed E-state index contributed by atoms with van der Waals surface area (Å²) in [7, 11) is 0. The molecule has 1 aromatic heterocycles. The summed E-state index contributed by atoms with van der Waals surface area (Å²) in [5.41, 5.74) is 5.15. The van der Waals surface area contributed by atoms with Crippen LogP contribution in [0.5, 0.6) is 5.75 Å². The molecular weight excluding hydrogens is 296 g/mol. The zero-order valence-electron chi connectivity index (χ0n) is 13.0. The maximum atomic E-state index is 9.46. The zero-order chi connectivity index (χ0) is 16.4. The number of phenolic OH excluding ortho intramolecular Hbond substituents is 1. The van der Waals surface area contributed by atoms with E-state index in [0.717, 1.165) is 33.4 Å². The van der Waals surface area contributed by atoms with Gasteiger partial charge in [-0.2, -0.15) is 0 Å². The number of fused-ring (bicyclic) bond motifs is 1. The summed E-state index contributed by atoms with van der Waals surface area (Å²) in [5, 5.41) is 14.0. The van der Waals surface area contributed by atoms with E-state index in [2.05, 4.69) is 16.4 Å². The van der Waals surface area contributed by atoms with Crippen molar-refractivity contribution >= 4 is 22.3 Å². The lowest BCUT2D eigenvalue weighted by atomic mass is 10.0. The number of hydrogen-bond acceptors (Lipinski definition) is 3. The number of para-hydroxylation sites is 1. The number of aromatic hydroxyl groups is 1. The van der Waals surface area contributed by atoms with Gasteiger partial charge in [0.15, 0.2) is 0 Å². The van der Waals surface area contributed by atoms with E-state index in [1.807, 2.05) is 66.9 Å². The second-order valence-corrected chi connectivity index (χ2v) is 5.63. The third kappa shape index (κ3) is 2.79. The van der Waals surface area contributed by atoms with Gasteiger partial charge in [0.1, 0.15) is 5.75 Å². The van der Waals surface area contributed by atoms with Crippen molar-refractivity contribution in [3.05, 3.63) is 85.1 Å². The smallest absolute Gasteiger partial charge is 0.115 e. The lowest BCUT2D eigenvalue weighted by Crippen LogP contribution is -1.92. The number of aromatic nitrogens is 1. The number of pyridine rings is 1. The molecule has 3 heteroatoms. The molecule has 0 saturated heterocycles. The van der Waals surface area contributed by atoms with Crippen LogP contribution in [0, 0.1) is 0 Å². The van der Waals surface area contributed by atoms with Crippen LogP contribution in [0.25, 0.3) is 22.0 Å². The lowest BCUT2D eigenvalue weighted by Gasteiger charge is -2.11. The minimum absolute atomic E-state index is 0.271. The maximum Gasteiger partial charge on any atom is 0.115 e. The van der Waals surface area contributed by atoms with Crippen molar-refractivity contribution in [2.24, 2.45) is 0 Å². The molecule has 4 rings (SSSR count). The normalized spacial score (nSPS) is 10.7. The largest absolute Gasteiger partial charge is 0.508 e. The topological polar surface area (TPSA) is 45.2 Å². The molecule has 0 bridgehead atoms. The van der Waals surface area contributed by atoms with Gasteiger partial charge in [-0.3, -0.25) is 4.98 Å². The van der Waals surface area contributed by atoms with Crippen molar-refractivity contribution in [2.75, 3.05) is 5.32 Å². The lowest BCUT2D eigenvalue weighted by molar-refractivity contribution is 0.475. The summed E-state index contributed by atoms with van der Waals surface area (Å²) >= 11 is 0. The molecule has 0 spiro atoms. The van der Waals surface area contributed by atoms with E-state index in [-0.39, 0.29) is 5.75 Å². The van der Waals surface area contributed by atoms with Crippen molar-refractivity contribution < 1.29 is 5.11 Å². The molecular formula is C21H16N2O. The molecule has 3 aromatic carbocycles. The van der Waals surface area contributed by atoms with Gasteiger partial charge < -0.3 is 10.4 Å². The molecule has 0 saturated carbocycles. The van der Waals surface area contributed by atoms with Crippen molar-refractivity contribution in [3.63, 3.8) is 0 Å². The molecule has 4 aromatic rings. The van der Waals surface area contributed by atoms with E-state index in [0.29, 0.717) is 0 Å². The third-order valence-corrected chi connectivity index (χ3v) is 3.99. The molecule has 0 aliphatic rings. The van der Waals surface area contributed by atoms with Crippen molar-refractivity contribution in [3.8, 4) is 16.9 Å². The number of nitrogens with zero attached hydrogens (tertiary/aromatic N) is 1. The standard InChI is InChI=1S/C21H16N2O/c24-18-9-6-15(7-10-18)16-8-11-20-19(14-16)21(12-13-22-20)23-17-4-2-1-3-5-17/h1-14,24H,(H,22,23). The summed E-state index contributed by atoms with van der Waals surface area (Å²) in [5.74, 6) is 0.271. The second kappa shape index (κ2) is 6.05. The summed E-state index contributed by atoms with van der Waals surface area (Å²) in [6.45, 7) is 0. The van der Waals surface area contributed by atoms with Crippen LogP contribution in [0.3, 0.4) is 0 Å². The fraction of sp³-hybridized carbons (Fsp3) is 0. The number of rotatable bonds is 3. The molecule has 0 radical (unpaired) electrons. The Bertz CT molecular complexity index is 980. The van der Waals surface area contributed by atoms with E-state index >= 15 is 0 Å². The first kappa shape index (κ1) is 14.3. The van der Waals surface area contributed by atoms with E-state index in [1.54, 1.807) is 12.1 Å². The average molecular weight is 312 g/mol. The highest BCUT2D eigenvalue weighted by Crippen LogP contribution is 2.30. The van der Waals surface area contributed by atoms with Gasteiger partial charge in [0.25, 0.3) is 0 Å². The van der Waals surface area contributed by atoms with Gasteiger partial charge in [0.2, 0.25) is 0 Å². The fourth-order valence-corrected chi connectivity index (χ4v) is 2.77. The summed E-state index contributed by atoms with van der Waals surface area (Å²) in [6, 6.07) is 25.5. The monoisotopic (exact) mass is 312 g/mol. The quantitative estimate of drug-likeness (QED) is 0.536. The van der Waals surface area contributed by atoms with Crippen LogP contribution in [0.2, 0.25) is 0 Å². The number of hydrogen-bond donors (Lipinski definition) is 2.